The minimum absolute atomic E-state index is 0.111. The summed E-state index contributed by atoms with van der Waals surface area (Å²) < 4.78 is 46.1. The first-order valence-electron chi connectivity index (χ1n) is 10.8. The van der Waals surface area contributed by atoms with Crippen molar-refractivity contribution in [3.63, 3.8) is 0 Å². The second-order valence-corrected chi connectivity index (χ2v) is 11.1. The van der Waals surface area contributed by atoms with Gasteiger partial charge in [0.25, 0.3) is 0 Å². The van der Waals surface area contributed by atoms with Crippen LogP contribution in [0, 0.1) is 5.92 Å². The van der Waals surface area contributed by atoms with Gasteiger partial charge >= 0.3 is 0 Å². The standard InChI is InChI=1S/C21H23N7O5S2/c1-12(2)9-26-35(29,30)6-4-28-19-17(18(22)24-10-25-19)27-21(28)34-16-8-15-14(32-11-33-15)7-13(16)20-23-3-5-31-20/h3,5,7-8,10,12,26H,4,6,9,11H2,1-2H3,(H2,22,24,25). The third-order valence-corrected chi connectivity index (χ3v) is 7.54. The quantitative estimate of drug-likeness (QED) is 0.336. The number of nitrogens with one attached hydrogen (secondary N) is 1. The van der Waals surface area contributed by atoms with Gasteiger partial charge < -0.3 is 24.2 Å². The lowest BCUT2D eigenvalue weighted by Gasteiger charge is -2.12. The van der Waals surface area contributed by atoms with Gasteiger partial charge in [-0.2, -0.15) is 0 Å². The highest BCUT2D eigenvalue weighted by molar-refractivity contribution is 7.99. The van der Waals surface area contributed by atoms with E-state index in [-0.39, 0.29) is 30.8 Å². The molecule has 0 bridgehead atoms. The van der Waals surface area contributed by atoms with Gasteiger partial charge in [-0.1, -0.05) is 25.6 Å². The topological polar surface area (TPSA) is 160 Å². The predicted octanol–water partition coefficient (Wildman–Crippen LogP) is 2.52. The second kappa shape index (κ2) is 9.36. The number of ether oxygens (including phenoxy) is 2. The SMILES string of the molecule is CC(C)CNS(=O)(=O)CCn1c(Sc2cc3c(cc2-c2ncco2)OCO3)nc2c(N)ncnc21. The molecule has 14 heteroatoms. The van der Waals surface area contributed by atoms with Crippen molar-refractivity contribution in [1.82, 2.24) is 29.2 Å². The molecular weight excluding hydrogens is 494 g/mol. The van der Waals surface area contributed by atoms with Crippen molar-refractivity contribution >= 4 is 38.8 Å². The average molecular weight is 518 g/mol. The number of imidazole rings is 1. The zero-order valence-electron chi connectivity index (χ0n) is 19.0. The number of rotatable bonds is 9. The molecule has 184 valence electrons. The van der Waals surface area contributed by atoms with Crippen molar-refractivity contribution in [3.05, 3.63) is 30.9 Å². The fourth-order valence-electron chi connectivity index (χ4n) is 3.42. The van der Waals surface area contributed by atoms with E-state index in [1.54, 1.807) is 16.8 Å². The monoisotopic (exact) mass is 517 g/mol. The summed E-state index contributed by atoms with van der Waals surface area (Å²) in [6, 6.07) is 3.60. The minimum atomic E-state index is -3.52. The summed E-state index contributed by atoms with van der Waals surface area (Å²) in [4.78, 5) is 18.0. The number of nitrogens with two attached hydrogens (primary N) is 1. The molecule has 0 saturated heterocycles. The lowest BCUT2D eigenvalue weighted by Crippen LogP contribution is -2.31. The Hall–Kier alpha value is -3.36. The number of aryl methyl sites for hydroxylation is 1. The molecule has 4 aromatic rings. The van der Waals surface area contributed by atoms with Gasteiger partial charge in [-0.15, -0.1) is 0 Å². The predicted molar refractivity (Wildman–Crippen MR) is 129 cm³/mol. The summed E-state index contributed by atoms with van der Waals surface area (Å²) in [5.74, 6) is 1.79. The highest BCUT2D eigenvalue weighted by Crippen LogP contribution is 2.44. The zero-order valence-corrected chi connectivity index (χ0v) is 20.6. The van der Waals surface area contributed by atoms with Gasteiger partial charge in [0, 0.05) is 18.0 Å². The Morgan fingerprint density at radius 2 is 2.00 bits per heavy atom. The van der Waals surface area contributed by atoms with Crippen LogP contribution < -0.4 is 19.9 Å². The number of fused-ring (bicyclic) bond motifs is 2. The Bertz CT molecular complexity index is 1470. The van der Waals surface area contributed by atoms with E-state index in [0.717, 1.165) is 4.90 Å². The van der Waals surface area contributed by atoms with Gasteiger partial charge in [0.2, 0.25) is 22.7 Å². The average Bonchev–Trinajstić information content (AvgIpc) is 3.56. The van der Waals surface area contributed by atoms with Gasteiger partial charge in [0.15, 0.2) is 33.6 Å². The molecule has 0 atom stereocenters. The van der Waals surface area contributed by atoms with E-state index in [1.807, 2.05) is 19.9 Å². The molecule has 1 aromatic carbocycles. The Morgan fingerprint density at radius 3 is 2.74 bits per heavy atom. The third-order valence-electron chi connectivity index (χ3n) is 5.16. The Kier molecular flexibility index (Phi) is 6.25. The summed E-state index contributed by atoms with van der Waals surface area (Å²) in [5.41, 5.74) is 7.55. The van der Waals surface area contributed by atoms with E-state index in [1.165, 1.54) is 24.4 Å². The van der Waals surface area contributed by atoms with Crippen LogP contribution in [-0.2, 0) is 16.6 Å². The van der Waals surface area contributed by atoms with Crippen LogP contribution in [0.25, 0.3) is 22.6 Å². The molecule has 1 aliphatic heterocycles. The van der Waals surface area contributed by atoms with E-state index in [2.05, 4.69) is 24.7 Å². The molecule has 3 N–H and O–H groups in total. The molecule has 3 aromatic heterocycles. The van der Waals surface area contributed by atoms with E-state index < -0.39 is 10.0 Å². The van der Waals surface area contributed by atoms with E-state index in [4.69, 9.17) is 19.6 Å². The number of hydrogen-bond donors (Lipinski definition) is 2. The maximum atomic E-state index is 12.6. The van der Waals surface area contributed by atoms with Crippen LogP contribution in [0.5, 0.6) is 11.5 Å². The maximum absolute atomic E-state index is 12.6. The lowest BCUT2D eigenvalue weighted by atomic mass is 10.2. The third kappa shape index (κ3) is 4.90. The second-order valence-electron chi connectivity index (χ2n) is 8.18. The smallest absolute Gasteiger partial charge is 0.231 e. The van der Waals surface area contributed by atoms with E-state index >= 15 is 0 Å². The molecule has 0 aliphatic carbocycles. The highest BCUT2D eigenvalue weighted by Gasteiger charge is 2.24. The molecule has 0 fully saturated rings. The summed E-state index contributed by atoms with van der Waals surface area (Å²) in [7, 11) is -3.52. The van der Waals surface area contributed by atoms with Crippen molar-refractivity contribution in [2.24, 2.45) is 5.92 Å². The molecule has 0 spiro atoms. The summed E-state index contributed by atoms with van der Waals surface area (Å²) in [5, 5.41) is 0.484. The molecule has 0 unspecified atom stereocenters. The summed E-state index contributed by atoms with van der Waals surface area (Å²) >= 11 is 1.29. The molecule has 4 heterocycles. The summed E-state index contributed by atoms with van der Waals surface area (Å²) in [6.07, 6.45) is 4.36. The molecule has 0 amide bonds. The number of nitrogens with zero attached hydrogens (tertiary/aromatic N) is 5. The number of aromatic nitrogens is 5. The first-order valence-corrected chi connectivity index (χ1v) is 13.2. The van der Waals surface area contributed by atoms with Crippen LogP contribution in [0.2, 0.25) is 0 Å². The molecular formula is C21H23N7O5S2. The molecule has 0 radical (unpaired) electrons. The summed E-state index contributed by atoms with van der Waals surface area (Å²) in [6.45, 7) is 4.47. The maximum Gasteiger partial charge on any atom is 0.231 e. The Morgan fingerprint density at radius 1 is 1.20 bits per heavy atom. The molecule has 35 heavy (non-hydrogen) atoms. The van der Waals surface area contributed by atoms with Gasteiger partial charge in [-0.25, -0.2) is 33.1 Å². The van der Waals surface area contributed by atoms with Gasteiger partial charge in [0.05, 0.1) is 17.5 Å². The van der Waals surface area contributed by atoms with Crippen LogP contribution >= 0.6 is 11.8 Å². The number of hydrogen-bond acceptors (Lipinski definition) is 11. The highest BCUT2D eigenvalue weighted by atomic mass is 32.2. The van der Waals surface area contributed by atoms with Crippen molar-refractivity contribution in [2.75, 3.05) is 24.8 Å². The number of sulfonamides is 1. The Labute approximate surface area is 205 Å². The number of anilines is 1. The first kappa shape index (κ1) is 23.4. The zero-order chi connectivity index (χ0) is 24.6. The van der Waals surface area contributed by atoms with Crippen molar-refractivity contribution < 1.29 is 22.3 Å². The van der Waals surface area contributed by atoms with E-state index in [0.29, 0.717) is 45.8 Å². The molecule has 5 rings (SSSR count). The van der Waals surface area contributed by atoms with Crippen LogP contribution in [0.4, 0.5) is 5.82 Å². The number of oxazole rings is 1. The minimum Gasteiger partial charge on any atom is -0.454 e. The van der Waals surface area contributed by atoms with Crippen molar-refractivity contribution in [2.45, 2.75) is 30.4 Å². The fraction of sp³-hybridized carbons (Fsp3) is 0.333. The van der Waals surface area contributed by atoms with Crippen LogP contribution in [0.3, 0.4) is 0 Å². The van der Waals surface area contributed by atoms with E-state index in [9.17, 15) is 8.42 Å². The fourth-order valence-corrected chi connectivity index (χ4v) is 5.62. The first-order chi connectivity index (χ1) is 16.8. The lowest BCUT2D eigenvalue weighted by molar-refractivity contribution is 0.174. The Balaban J connectivity index is 1.54. The normalized spacial score (nSPS) is 13.2. The number of benzene rings is 1. The van der Waals surface area contributed by atoms with Crippen molar-refractivity contribution in [1.29, 1.82) is 0 Å². The van der Waals surface area contributed by atoms with Crippen LogP contribution in [0.1, 0.15) is 13.8 Å². The van der Waals surface area contributed by atoms with Crippen LogP contribution in [0.15, 0.2) is 45.4 Å². The van der Waals surface area contributed by atoms with Gasteiger partial charge in [-0.05, 0) is 18.1 Å². The molecule has 0 saturated carbocycles. The molecule has 12 nitrogen and oxygen atoms in total. The van der Waals surface area contributed by atoms with Gasteiger partial charge in [-0.3, -0.25) is 0 Å². The molecule has 1 aliphatic rings. The number of nitrogen functional groups attached to an aromatic ring is 1. The van der Waals surface area contributed by atoms with Crippen molar-refractivity contribution in [3.8, 4) is 23.0 Å². The largest absolute Gasteiger partial charge is 0.454 e. The van der Waals surface area contributed by atoms with Gasteiger partial charge in [0.1, 0.15) is 12.6 Å². The van der Waals surface area contributed by atoms with Crippen LogP contribution in [-0.4, -0.2) is 52.0 Å².